The van der Waals surface area contributed by atoms with Gasteiger partial charge in [-0.25, -0.2) is 4.79 Å². The van der Waals surface area contributed by atoms with Crippen LogP contribution in [-0.4, -0.2) is 86.5 Å². The molecule has 13 heteroatoms. The van der Waals surface area contributed by atoms with E-state index in [1.165, 1.54) is 4.31 Å². The Balaban J connectivity index is 2.99. The molecule has 1 unspecified atom stereocenters. The summed E-state index contributed by atoms with van der Waals surface area (Å²) in [4.78, 5) is 12.8. The number of carbonyl (C=O) groups excluding carboxylic acids is 1. The average Bonchev–Trinajstić information content (AvgIpc) is 2.96. The van der Waals surface area contributed by atoms with E-state index in [0.29, 0.717) is 43.5 Å². The Kier molecular flexibility index (Phi) is 20.1. The molecular formula is C31H58BN3O8S. The number of rotatable bonds is 23. The molecule has 4 N–H and O–H groups in total. The Morgan fingerprint density at radius 2 is 1.89 bits per heavy atom. The van der Waals surface area contributed by atoms with Gasteiger partial charge in [0.1, 0.15) is 5.60 Å². The van der Waals surface area contributed by atoms with Crippen molar-refractivity contribution in [3.8, 4) is 11.5 Å². The fourth-order valence-electron chi connectivity index (χ4n) is 4.65. The molecule has 44 heavy (non-hydrogen) atoms. The Morgan fingerprint density at radius 1 is 1.16 bits per heavy atom. The highest BCUT2D eigenvalue weighted by Crippen LogP contribution is 2.33. The van der Waals surface area contributed by atoms with Crippen molar-refractivity contribution in [1.82, 2.24) is 9.03 Å². The van der Waals surface area contributed by atoms with Crippen LogP contribution in [0.25, 0.3) is 0 Å². The van der Waals surface area contributed by atoms with Gasteiger partial charge < -0.3 is 39.0 Å². The summed E-state index contributed by atoms with van der Waals surface area (Å²) in [6.07, 6.45) is 3.17. The first-order valence-electron chi connectivity index (χ1n) is 15.8. The number of ether oxygens (including phenoxy) is 4. The summed E-state index contributed by atoms with van der Waals surface area (Å²) < 4.78 is 44.9. The molecule has 0 fully saturated rings. The van der Waals surface area contributed by atoms with Crippen LogP contribution in [0.5, 0.6) is 11.5 Å². The Bertz CT molecular complexity index is 924. The molecule has 4 atom stereocenters. The molecule has 1 amide bonds. The van der Waals surface area contributed by atoms with Gasteiger partial charge in [0.2, 0.25) is 0 Å². The molecule has 254 valence electrons. The summed E-state index contributed by atoms with van der Waals surface area (Å²) >= 11 is -1.88. The molecule has 0 spiro atoms. The van der Waals surface area contributed by atoms with Crippen molar-refractivity contribution >= 4 is 25.1 Å². The minimum absolute atomic E-state index is 0.00506. The number of unbranched alkanes of at least 4 members (excludes halogenated alkanes) is 2. The van der Waals surface area contributed by atoms with E-state index in [9.17, 15) is 14.5 Å². The highest BCUT2D eigenvalue weighted by atomic mass is 32.2. The zero-order chi connectivity index (χ0) is 33.1. The topological polar surface area (TPSA) is 148 Å². The van der Waals surface area contributed by atoms with Crippen molar-refractivity contribution < 1.29 is 38.1 Å². The average molecular weight is 644 g/mol. The van der Waals surface area contributed by atoms with Gasteiger partial charge in [-0.1, -0.05) is 39.7 Å². The van der Waals surface area contributed by atoms with Crippen molar-refractivity contribution in [3.05, 3.63) is 23.8 Å². The van der Waals surface area contributed by atoms with E-state index in [-0.39, 0.29) is 39.0 Å². The van der Waals surface area contributed by atoms with Crippen LogP contribution in [0.1, 0.15) is 79.2 Å². The minimum Gasteiger partial charge on any atom is -0.573 e. The third kappa shape index (κ3) is 16.0. The maximum absolute atomic E-state index is 13.2. The maximum Gasteiger partial charge on any atom is 0.453 e. The number of methoxy groups -OCH3 is 2. The predicted octanol–water partition coefficient (Wildman–Crippen LogP) is 4.34. The number of hydrogen-bond acceptors (Lipinski definition) is 10. The molecule has 0 aliphatic rings. The molecule has 0 radical (unpaired) electrons. The van der Waals surface area contributed by atoms with Gasteiger partial charge in [0.25, 0.3) is 7.48 Å². The first-order chi connectivity index (χ1) is 20.9. The van der Waals surface area contributed by atoms with E-state index in [1.54, 1.807) is 35.0 Å². The second-order valence-electron chi connectivity index (χ2n) is 12.4. The number of nitrogens with two attached hydrogens (primary N) is 1. The molecule has 1 aromatic carbocycles. The highest BCUT2D eigenvalue weighted by molar-refractivity contribution is 7.87. The lowest BCUT2D eigenvalue weighted by atomic mass is 9.68. The first kappa shape index (κ1) is 40.3. The van der Waals surface area contributed by atoms with E-state index in [1.807, 2.05) is 18.2 Å². The minimum atomic E-state index is -1.88. The standard InChI is InChI=1S/C31H58BN3O8S/c1-9-10-11-15-35(30(37)43-31(4,5)6)44(38)34-21-27(36)26(32-42-22-33)20-25(23(2)3)18-24-13-14-28(40-8)29(19-24)41-17-12-16-39-7/h13-14,19,23,25-27,32,34,36H,9-12,15-18,20-22,33H2,1-8H3/t25-,26-,27-,44?/m0/s1. The maximum atomic E-state index is 13.2. The second kappa shape index (κ2) is 21.9. The molecule has 0 bridgehead atoms. The second-order valence-corrected chi connectivity index (χ2v) is 13.6. The molecule has 1 rings (SSSR count). The third-order valence-corrected chi connectivity index (χ3v) is 8.34. The number of nitrogens with zero attached hydrogens (tertiary/aromatic N) is 1. The Labute approximate surface area is 269 Å². The highest BCUT2D eigenvalue weighted by Gasteiger charge is 2.33. The van der Waals surface area contributed by atoms with Crippen molar-refractivity contribution in [1.29, 1.82) is 0 Å². The monoisotopic (exact) mass is 643 g/mol. The summed E-state index contributed by atoms with van der Waals surface area (Å²) in [5, 5.41) is 11.3. The Hall–Kier alpha value is -1.74. The van der Waals surface area contributed by atoms with Crippen LogP contribution in [0.2, 0.25) is 5.82 Å². The number of benzene rings is 1. The van der Waals surface area contributed by atoms with Crippen LogP contribution in [0.15, 0.2) is 18.2 Å². The fraction of sp³-hybridized carbons (Fsp3) is 0.774. The summed E-state index contributed by atoms with van der Waals surface area (Å²) in [5.41, 5.74) is 6.01. The smallest absolute Gasteiger partial charge is 0.453 e. The van der Waals surface area contributed by atoms with Crippen molar-refractivity contribution in [2.45, 2.75) is 97.6 Å². The van der Waals surface area contributed by atoms with Gasteiger partial charge in [-0.3, -0.25) is 0 Å². The lowest BCUT2D eigenvalue weighted by Crippen LogP contribution is -2.49. The van der Waals surface area contributed by atoms with Crippen LogP contribution in [-0.2, 0) is 32.1 Å². The van der Waals surface area contributed by atoms with E-state index in [2.05, 4.69) is 25.5 Å². The SMILES string of the molecule is CCCCCN(C(=O)OC(C)(C)C)[S+]([O-])NC[C@H](O)[C@@H](BOCN)C[C@H](Cc1ccc(OC)c(OCCCOC)c1)C(C)C. The van der Waals surface area contributed by atoms with Gasteiger partial charge in [-0.15, -0.1) is 9.03 Å². The van der Waals surface area contributed by atoms with Gasteiger partial charge in [-0.05, 0) is 75.4 Å². The molecule has 0 aliphatic heterocycles. The number of carbonyl (C=O) groups is 1. The predicted molar refractivity (Wildman–Crippen MR) is 177 cm³/mol. The largest absolute Gasteiger partial charge is 0.573 e. The molecule has 0 aromatic heterocycles. The number of aliphatic hydroxyl groups excluding tert-OH is 1. The van der Waals surface area contributed by atoms with Gasteiger partial charge in [0, 0.05) is 20.1 Å². The Morgan fingerprint density at radius 3 is 2.48 bits per heavy atom. The summed E-state index contributed by atoms with van der Waals surface area (Å²) in [5.74, 6) is 1.58. The molecule has 0 heterocycles. The third-order valence-electron chi connectivity index (χ3n) is 7.20. The normalized spacial score (nSPS) is 14.5. The van der Waals surface area contributed by atoms with Gasteiger partial charge in [0.05, 0.1) is 39.6 Å². The summed E-state index contributed by atoms with van der Waals surface area (Å²) in [6.45, 7) is 13.1. The summed E-state index contributed by atoms with van der Waals surface area (Å²) in [6, 6.07) is 5.96. The number of hydrogen-bond donors (Lipinski definition) is 3. The number of aliphatic hydroxyl groups is 1. The van der Waals surface area contributed by atoms with Crippen LogP contribution >= 0.6 is 0 Å². The lowest BCUT2D eigenvalue weighted by molar-refractivity contribution is 0.0385. The van der Waals surface area contributed by atoms with Gasteiger partial charge in [0.15, 0.2) is 23.0 Å². The molecule has 0 saturated heterocycles. The number of nitrogens with one attached hydrogen (secondary N) is 1. The van der Waals surface area contributed by atoms with Crippen LogP contribution in [0.4, 0.5) is 4.79 Å². The zero-order valence-electron chi connectivity index (χ0n) is 28.3. The molecule has 11 nitrogen and oxygen atoms in total. The van der Waals surface area contributed by atoms with Crippen LogP contribution < -0.4 is 19.9 Å². The van der Waals surface area contributed by atoms with Crippen LogP contribution in [0.3, 0.4) is 0 Å². The molecule has 0 aliphatic carbocycles. The number of amides is 1. The van der Waals surface area contributed by atoms with Crippen molar-refractivity contribution in [3.63, 3.8) is 0 Å². The van der Waals surface area contributed by atoms with E-state index in [4.69, 9.17) is 29.3 Å². The quantitative estimate of drug-likeness (QED) is 0.0681. The zero-order valence-corrected chi connectivity index (χ0v) is 29.1. The van der Waals surface area contributed by atoms with E-state index < -0.39 is 29.3 Å². The van der Waals surface area contributed by atoms with Gasteiger partial charge >= 0.3 is 6.09 Å². The summed E-state index contributed by atoms with van der Waals surface area (Å²) in [7, 11) is 3.53. The van der Waals surface area contributed by atoms with Crippen molar-refractivity contribution in [2.24, 2.45) is 17.6 Å². The molecule has 0 saturated carbocycles. The van der Waals surface area contributed by atoms with Crippen LogP contribution in [0, 0.1) is 11.8 Å². The fourth-order valence-corrected chi connectivity index (χ4v) is 5.58. The molecular weight excluding hydrogens is 585 g/mol. The molecule has 1 aromatic rings. The van der Waals surface area contributed by atoms with Crippen molar-refractivity contribution in [2.75, 3.05) is 47.3 Å². The lowest BCUT2D eigenvalue weighted by Gasteiger charge is -2.30. The van der Waals surface area contributed by atoms with Gasteiger partial charge in [-0.2, -0.15) is 0 Å². The van der Waals surface area contributed by atoms with E-state index in [0.717, 1.165) is 31.2 Å². The first-order valence-corrected chi connectivity index (χ1v) is 16.9. The van der Waals surface area contributed by atoms with E-state index >= 15 is 0 Å².